The van der Waals surface area contributed by atoms with E-state index >= 15 is 0 Å². The minimum absolute atomic E-state index is 0.0945. The van der Waals surface area contributed by atoms with Crippen LogP contribution >= 0.6 is 0 Å². The van der Waals surface area contributed by atoms with E-state index in [1.54, 1.807) is 0 Å². The second kappa shape index (κ2) is 8.12. The fourth-order valence-electron chi connectivity index (χ4n) is 2.34. The van der Waals surface area contributed by atoms with Crippen LogP contribution in [-0.2, 0) is 0 Å². The molecule has 2 atom stereocenters. The van der Waals surface area contributed by atoms with E-state index in [1.807, 2.05) is 0 Å². The summed E-state index contributed by atoms with van der Waals surface area (Å²) in [6, 6.07) is 0. The van der Waals surface area contributed by atoms with Crippen LogP contribution < -0.4 is 0 Å². The first-order chi connectivity index (χ1) is 7.29. The van der Waals surface area contributed by atoms with E-state index in [0.717, 1.165) is 38.5 Å². The fourth-order valence-corrected chi connectivity index (χ4v) is 2.34. The highest BCUT2D eigenvalue weighted by Crippen LogP contribution is 2.16. The van der Waals surface area contributed by atoms with Crippen molar-refractivity contribution in [1.82, 2.24) is 0 Å². The maximum absolute atomic E-state index is 9.67. The molecule has 0 aliphatic heterocycles. The Morgan fingerprint density at radius 3 is 1.13 bits per heavy atom. The summed E-state index contributed by atoms with van der Waals surface area (Å²) in [5, 5.41) is 19.3. The summed E-state index contributed by atoms with van der Waals surface area (Å²) >= 11 is 0. The molecule has 90 valence electrons. The van der Waals surface area contributed by atoms with Gasteiger partial charge >= 0.3 is 0 Å². The number of hydrogen-bond acceptors (Lipinski definition) is 2. The molecule has 0 amide bonds. The summed E-state index contributed by atoms with van der Waals surface area (Å²) in [5.74, 6) is 0. The van der Waals surface area contributed by atoms with Crippen molar-refractivity contribution in [1.29, 1.82) is 0 Å². The molecule has 2 heteroatoms. The summed E-state index contributed by atoms with van der Waals surface area (Å²) in [4.78, 5) is 0. The number of aliphatic hydroxyl groups is 2. The van der Waals surface area contributed by atoms with Crippen LogP contribution in [0.1, 0.15) is 70.6 Å². The highest BCUT2D eigenvalue weighted by Gasteiger charge is 2.08. The molecule has 2 N–H and O–H groups in total. The van der Waals surface area contributed by atoms with E-state index in [9.17, 15) is 10.2 Å². The van der Waals surface area contributed by atoms with Crippen LogP contribution in [-0.4, -0.2) is 22.4 Å². The standard InChI is InChI=1S/C13H26O2/c14-12-8-4-2-1-3-5-9-13(15)11-7-6-10-12/h12-15H,1-11H2/t12-,13-/m0/s1. The van der Waals surface area contributed by atoms with Gasteiger partial charge in [0.25, 0.3) is 0 Å². The van der Waals surface area contributed by atoms with Crippen LogP contribution in [0.3, 0.4) is 0 Å². The molecule has 0 heterocycles. The predicted octanol–water partition coefficient (Wildman–Crippen LogP) is 3.01. The van der Waals surface area contributed by atoms with Gasteiger partial charge in [-0.3, -0.25) is 0 Å². The van der Waals surface area contributed by atoms with Crippen molar-refractivity contribution in [3.8, 4) is 0 Å². The maximum Gasteiger partial charge on any atom is 0.0540 e. The highest BCUT2D eigenvalue weighted by atomic mass is 16.3. The van der Waals surface area contributed by atoms with E-state index in [1.165, 1.54) is 32.1 Å². The molecular formula is C13H26O2. The third-order valence-corrected chi connectivity index (χ3v) is 3.40. The van der Waals surface area contributed by atoms with Crippen molar-refractivity contribution in [3.63, 3.8) is 0 Å². The van der Waals surface area contributed by atoms with Gasteiger partial charge in [-0.1, -0.05) is 44.9 Å². The van der Waals surface area contributed by atoms with E-state index in [2.05, 4.69) is 0 Å². The minimum atomic E-state index is -0.0945. The van der Waals surface area contributed by atoms with Gasteiger partial charge in [-0.05, 0) is 25.7 Å². The lowest BCUT2D eigenvalue weighted by atomic mass is 10.0. The van der Waals surface area contributed by atoms with E-state index in [4.69, 9.17) is 0 Å². The van der Waals surface area contributed by atoms with Crippen molar-refractivity contribution < 1.29 is 10.2 Å². The lowest BCUT2D eigenvalue weighted by Gasteiger charge is -2.11. The Morgan fingerprint density at radius 2 is 0.733 bits per heavy atom. The van der Waals surface area contributed by atoms with Crippen LogP contribution in [0.25, 0.3) is 0 Å². The Morgan fingerprint density at radius 1 is 0.467 bits per heavy atom. The largest absolute Gasteiger partial charge is 0.393 e. The lowest BCUT2D eigenvalue weighted by Crippen LogP contribution is -2.08. The Labute approximate surface area is 93.7 Å². The molecular weight excluding hydrogens is 188 g/mol. The molecule has 0 unspecified atom stereocenters. The monoisotopic (exact) mass is 214 g/mol. The summed E-state index contributed by atoms with van der Waals surface area (Å²) in [7, 11) is 0. The van der Waals surface area contributed by atoms with Crippen LogP contribution in [0, 0.1) is 0 Å². The molecule has 0 aromatic heterocycles. The summed E-state index contributed by atoms with van der Waals surface area (Å²) in [6.07, 6.45) is 11.8. The molecule has 0 radical (unpaired) electrons. The minimum Gasteiger partial charge on any atom is -0.393 e. The molecule has 1 aliphatic carbocycles. The van der Waals surface area contributed by atoms with Crippen molar-refractivity contribution >= 4 is 0 Å². The first-order valence-corrected chi connectivity index (χ1v) is 6.65. The molecule has 2 nitrogen and oxygen atoms in total. The topological polar surface area (TPSA) is 40.5 Å². The molecule has 1 fully saturated rings. The van der Waals surface area contributed by atoms with Gasteiger partial charge < -0.3 is 10.2 Å². The second-order valence-electron chi connectivity index (χ2n) is 4.94. The molecule has 15 heavy (non-hydrogen) atoms. The Hall–Kier alpha value is -0.0800. The molecule has 0 saturated heterocycles. The smallest absolute Gasteiger partial charge is 0.0540 e. The summed E-state index contributed by atoms with van der Waals surface area (Å²) in [6.45, 7) is 0. The first kappa shape index (κ1) is 13.0. The van der Waals surface area contributed by atoms with Gasteiger partial charge in [0.15, 0.2) is 0 Å². The zero-order chi connectivity index (χ0) is 10.9. The van der Waals surface area contributed by atoms with Crippen molar-refractivity contribution in [3.05, 3.63) is 0 Å². The van der Waals surface area contributed by atoms with Gasteiger partial charge in [0.1, 0.15) is 0 Å². The fraction of sp³-hybridized carbons (Fsp3) is 1.00. The predicted molar refractivity (Wildman–Crippen MR) is 62.8 cm³/mol. The van der Waals surface area contributed by atoms with Gasteiger partial charge in [0, 0.05) is 0 Å². The molecule has 0 bridgehead atoms. The Bertz CT molecular complexity index is 131. The van der Waals surface area contributed by atoms with Crippen molar-refractivity contribution in [2.75, 3.05) is 0 Å². The number of hydrogen-bond donors (Lipinski definition) is 2. The van der Waals surface area contributed by atoms with Crippen LogP contribution in [0.4, 0.5) is 0 Å². The average Bonchev–Trinajstić information content (AvgIpc) is 2.23. The molecule has 0 aromatic rings. The van der Waals surface area contributed by atoms with Crippen LogP contribution in [0.2, 0.25) is 0 Å². The molecule has 1 saturated carbocycles. The quantitative estimate of drug-likeness (QED) is 0.650. The maximum atomic E-state index is 9.67. The summed E-state index contributed by atoms with van der Waals surface area (Å²) in [5.41, 5.74) is 0. The highest BCUT2D eigenvalue weighted by molar-refractivity contribution is 4.62. The zero-order valence-corrected chi connectivity index (χ0v) is 9.83. The van der Waals surface area contributed by atoms with E-state index < -0.39 is 0 Å². The van der Waals surface area contributed by atoms with Crippen LogP contribution in [0.5, 0.6) is 0 Å². The number of aliphatic hydroxyl groups excluding tert-OH is 2. The van der Waals surface area contributed by atoms with E-state index in [-0.39, 0.29) is 12.2 Å². The first-order valence-electron chi connectivity index (χ1n) is 6.65. The van der Waals surface area contributed by atoms with Crippen molar-refractivity contribution in [2.24, 2.45) is 0 Å². The Kier molecular flexibility index (Phi) is 7.03. The van der Waals surface area contributed by atoms with Gasteiger partial charge in [-0.15, -0.1) is 0 Å². The third-order valence-electron chi connectivity index (χ3n) is 3.40. The average molecular weight is 214 g/mol. The number of rotatable bonds is 0. The van der Waals surface area contributed by atoms with Gasteiger partial charge in [0.2, 0.25) is 0 Å². The van der Waals surface area contributed by atoms with Crippen molar-refractivity contribution in [2.45, 2.75) is 82.8 Å². The molecule has 0 aromatic carbocycles. The Balaban J connectivity index is 2.21. The van der Waals surface area contributed by atoms with Crippen LogP contribution in [0.15, 0.2) is 0 Å². The third kappa shape index (κ3) is 6.91. The zero-order valence-electron chi connectivity index (χ0n) is 9.83. The molecule has 0 spiro atoms. The summed E-state index contributed by atoms with van der Waals surface area (Å²) < 4.78 is 0. The van der Waals surface area contributed by atoms with Gasteiger partial charge in [-0.2, -0.15) is 0 Å². The SMILES string of the molecule is O[C@H]1CCCCCCC[C@H](O)CCCC1. The normalized spacial score (nSPS) is 32.4. The van der Waals surface area contributed by atoms with Gasteiger partial charge in [-0.25, -0.2) is 0 Å². The lowest BCUT2D eigenvalue weighted by molar-refractivity contribution is 0.134. The molecule has 1 rings (SSSR count). The van der Waals surface area contributed by atoms with Gasteiger partial charge in [0.05, 0.1) is 12.2 Å². The van der Waals surface area contributed by atoms with E-state index in [0.29, 0.717) is 0 Å². The second-order valence-corrected chi connectivity index (χ2v) is 4.94. The molecule has 1 aliphatic rings.